The number of nitrogens with zero attached hydrogens (tertiary/aromatic N) is 1. The number of carbonyl (C=O) groups excluding carboxylic acids is 2. The van der Waals surface area contributed by atoms with Gasteiger partial charge in [-0.15, -0.1) is 0 Å². The third-order valence-corrected chi connectivity index (χ3v) is 8.02. The van der Waals surface area contributed by atoms with Gasteiger partial charge in [0.15, 0.2) is 0 Å². The Labute approximate surface area is 241 Å². The lowest BCUT2D eigenvalue weighted by atomic mass is 9.78. The molecule has 0 aromatic heterocycles. The fourth-order valence-corrected chi connectivity index (χ4v) is 5.32. The third-order valence-electron chi connectivity index (χ3n) is 6.32. The van der Waals surface area contributed by atoms with Crippen LogP contribution in [0, 0.1) is 15.3 Å². The standard InChI is InChI=1S/C27H22F4INO6S/c1-16(34)38-24(17-2-6-19(28)7-3-17)15-14-23-25(33(26(23)35)21-10-8-20(32)9-11-21)18-4-12-22(13-5-18)39-40(36,37)27(29,30)31/h2-13,23-25H,14-15H2,1H3/t23?,24-,25-/m1/s1. The lowest BCUT2D eigenvalue weighted by Gasteiger charge is -2.48. The summed E-state index contributed by atoms with van der Waals surface area (Å²) in [4.78, 5) is 26.6. The predicted molar refractivity (Wildman–Crippen MR) is 145 cm³/mol. The van der Waals surface area contributed by atoms with Gasteiger partial charge >= 0.3 is 21.6 Å². The van der Waals surface area contributed by atoms with Crippen LogP contribution < -0.4 is 9.08 Å². The molecule has 1 amide bonds. The highest BCUT2D eigenvalue weighted by molar-refractivity contribution is 14.1. The van der Waals surface area contributed by atoms with Crippen molar-refractivity contribution in [2.75, 3.05) is 4.90 Å². The van der Waals surface area contributed by atoms with Gasteiger partial charge in [0.2, 0.25) is 5.91 Å². The second-order valence-electron chi connectivity index (χ2n) is 9.02. The molecule has 4 rings (SSSR count). The zero-order valence-electron chi connectivity index (χ0n) is 20.8. The molecule has 1 aliphatic rings. The number of ether oxygens (including phenoxy) is 1. The lowest BCUT2D eigenvalue weighted by Crippen LogP contribution is -2.55. The molecule has 3 aromatic carbocycles. The van der Waals surface area contributed by atoms with E-state index < -0.39 is 51.2 Å². The Bertz CT molecular complexity index is 1480. The maximum atomic E-state index is 13.4. The van der Waals surface area contributed by atoms with Crippen LogP contribution in [0.5, 0.6) is 5.75 Å². The maximum absolute atomic E-state index is 13.4. The van der Waals surface area contributed by atoms with Gasteiger partial charge in [0.1, 0.15) is 17.7 Å². The molecule has 1 heterocycles. The van der Waals surface area contributed by atoms with Crippen LogP contribution in [0.2, 0.25) is 0 Å². The number of β-lactam (4-membered cyclic amide) rings is 1. The van der Waals surface area contributed by atoms with Crippen molar-refractivity contribution in [3.63, 3.8) is 0 Å². The molecular weight excluding hydrogens is 669 g/mol. The van der Waals surface area contributed by atoms with E-state index in [-0.39, 0.29) is 18.7 Å². The van der Waals surface area contributed by atoms with E-state index in [2.05, 4.69) is 26.8 Å². The molecule has 0 bridgehead atoms. The quantitative estimate of drug-likeness (QED) is 0.0641. The first-order valence-electron chi connectivity index (χ1n) is 11.9. The maximum Gasteiger partial charge on any atom is 0.534 e. The Balaban J connectivity index is 1.60. The van der Waals surface area contributed by atoms with E-state index in [0.29, 0.717) is 16.8 Å². The molecule has 1 saturated heterocycles. The molecule has 0 N–H and O–H groups in total. The first-order chi connectivity index (χ1) is 18.8. The van der Waals surface area contributed by atoms with Gasteiger partial charge in [-0.25, -0.2) is 4.39 Å². The minimum Gasteiger partial charge on any atom is -0.458 e. The molecule has 0 saturated carbocycles. The number of amides is 1. The first kappa shape index (κ1) is 29.8. The predicted octanol–water partition coefficient (Wildman–Crippen LogP) is 6.45. The average molecular weight is 691 g/mol. The van der Waals surface area contributed by atoms with Gasteiger partial charge in [0.25, 0.3) is 0 Å². The normalized spacial score (nSPS) is 18.1. The summed E-state index contributed by atoms with van der Waals surface area (Å²) >= 11 is 2.12. The van der Waals surface area contributed by atoms with E-state index in [4.69, 9.17) is 4.74 Å². The molecule has 7 nitrogen and oxygen atoms in total. The van der Waals surface area contributed by atoms with Crippen LogP contribution in [-0.2, 0) is 24.4 Å². The topological polar surface area (TPSA) is 90.0 Å². The van der Waals surface area contributed by atoms with E-state index in [1.165, 1.54) is 43.3 Å². The molecule has 40 heavy (non-hydrogen) atoms. The summed E-state index contributed by atoms with van der Waals surface area (Å²) in [7, 11) is -5.84. The van der Waals surface area contributed by atoms with Crippen molar-refractivity contribution in [2.24, 2.45) is 5.92 Å². The van der Waals surface area contributed by atoms with Gasteiger partial charge in [0.05, 0.1) is 12.0 Å². The Morgan fingerprint density at radius 2 is 1.60 bits per heavy atom. The molecule has 0 radical (unpaired) electrons. The highest BCUT2D eigenvalue weighted by Crippen LogP contribution is 2.47. The Morgan fingerprint density at radius 3 is 2.15 bits per heavy atom. The number of hydrogen-bond donors (Lipinski definition) is 0. The lowest BCUT2D eigenvalue weighted by molar-refractivity contribution is -0.147. The molecule has 0 spiro atoms. The number of alkyl halides is 3. The van der Waals surface area contributed by atoms with Gasteiger partial charge in [-0.05, 0) is 95.1 Å². The van der Waals surface area contributed by atoms with Crippen molar-refractivity contribution in [1.29, 1.82) is 0 Å². The fourth-order valence-electron chi connectivity index (χ4n) is 4.50. The number of anilines is 1. The smallest absolute Gasteiger partial charge is 0.458 e. The van der Waals surface area contributed by atoms with Crippen LogP contribution in [0.4, 0.5) is 23.2 Å². The van der Waals surface area contributed by atoms with Gasteiger partial charge < -0.3 is 13.8 Å². The van der Waals surface area contributed by atoms with Gasteiger partial charge in [-0.1, -0.05) is 24.3 Å². The largest absolute Gasteiger partial charge is 0.534 e. The van der Waals surface area contributed by atoms with Gasteiger partial charge in [-0.3, -0.25) is 9.59 Å². The number of rotatable bonds is 9. The molecule has 0 aliphatic carbocycles. The number of hydrogen-bond acceptors (Lipinski definition) is 6. The van der Waals surface area contributed by atoms with Crippen LogP contribution in [0.3, 0.4) is 0 Å². The summed E-state index contributed by atoms with van der Waals surface area (Å²) in [6.07, 6.45) is -0.230. The molecule has 1 unspecified atom stereocenters. The third kappa shape index (κ3) is 6.57. The van der Waals surface area contributed by atoms with Crippen molar-refractivity contribution >= 4 is 50.3 Å². The minimum atomic E-state index is -5.84. The summed E-state index contributed by atoms with van der Waals surface area (Å²) in [5.74, 6) is -2.34. The van der Waals surface area contributed by atoms with E-state index in [0.717, 1.165) is 15.7 Å². The monoisotopic (exact) mass is 691 g/mol. The SMILES string of the molecule is CC(=O)O[C@H](CCC1C(=O)N(c2ccc(I)cc2)[C@@H]1c1ccc(OS(=O)(=O)C(F)(F)F)cc1)c1ccc(F)cc1. The van der Waals surface area contributed by atoms with Crippen molar-refractivity contribution in [3.8, 4) is 5.75 Å². The fraction of sp³-hybridized carbons (Fsp3) is 0.259. The number of esters is 1. The minimum absolute atomic E-state index is 0.216. The highest BCUT2D eigenvalue weighted by atomic mass is 127. The van der Waals surface area contributed by atoms with E-state index in [9.17, 15) is 35.6 Å². The zero-order chi connectivity index (χ0) is 29.2. The van der Waals surface area contributed by atoms with Crippen LogP contribution >= 0.6 is 22.6 Å². The van der Waals surface area contributed by atoms with Crippen LogP contribution in [0.1, 0.15) is 43.0 Å². The number of benzene rings is 3. The molecule has 3 atom stereocenters. The Hall–Kier alpha value is -3.20. The average Bonchev–Trinajstić information content (AvgIpc) is 2.88. The summed E-state index contributed by atoms with van der Waals surface area (Å²) < 4.78 is 84.9. The van der Waals surface area contributed by atoms with Crippen molar-refractivity contribution in [1.82, 2.24) is 0 Å². The van der Waals surface area contributed by atoms with E-state index in [1.54, 1.807) is 17.0 Å². The van der Waals surface area contributed by atoms with Crippen molar-refractivity contribution in [2.45, 2.75) is 37.4 Å². The zero-order valence-corrected chi connectivity index (χ0v) is 23.7. The number of carbonyl (C=O) groups is 2. The molecule has 1 aliphatic heterocycles. The number of halogens is 5. The molecular formula is C27H22F4INO6S. The first-order valence-corrected chi connectivity index (χ1v) is 14.4. The van der Waals surface area contributed by atoms with E-state index >= 15 is 0 Å². The van der Waals surface area contributed by atoms with Crippen molar-refractivity contribution in [3.05, 3.63) is 93.3 Å². The summed E-state index contributed by atoms with van der Waals surface area (Å²) in [5, 5.41) is 0. The Kier molecular flexibility index (Phi) is 8.73. The van der Waals surface area contributed by atoms with Gasteiger partial charge in [0, 0.05) is 16.2 Å². The van der Waals surface area contributed by atoms with Crippen LogP contribution in [0.25, 0.3) is 0 Å². The summed E-state index contributed by atoms with van der Waals surface area (Å²) in [5.41, 5.74) is -3.89. The summed E-state index contributed by atoms with van der Waals surface area (Å²) in [6.45, 7) is 1.24. The highest BCUT2D eigenvalue weighted by Gasteiger charge is 2.50. The van der Waals surface area contributed by atoms with E-state index in [1.807, 2.05) is 12.1 Å². The molecule has 1 fully saturated rings. The second kappa shape index (κ2) is 11.7. The van der Waals surface area contributed by atoms with Crippen LogP contribution in [-0.4, -0.2) is 25.8 Å². The molecule has 3 aromatic rings. The van der Waals surface area contributed by atoms with Gasteiger partial charge in [-0.2, -0.15) is 21.6 Å². The molecule has 13 heteroatoms. The molecule has 212 valence electrons. The van der Waals surface area contributed by atoms with Crippen LogP contribution in [0.15, 0.2) is 72.8 Å². The Morgan fingerprint density at radius 1 is 1.00 bits per heavy atom. The van der Waals surface area contributed by atoms with Crippen molar-refractivity contribution < 1.29 is 44.5 Å². The summed E-state index contributed by atoms with van der Waals surface area (Å²) in [6, 6.07) is 17.0. The second-order valence-corrected chi connectivity index (χ2v) is 11.8.